The number of ether oxygens (including phenoxy) is 1. The lowest BCUT2D eigenvalue weighted by Gasteiger charge is -2.10. The van der Waals surface area contributed by atoms with Crippen LogP contribution in [0.2, 0.25) is 0 Å². The van der Waals surface area contributed by atoms with Gasteiger partial charge in [-0.2, -0.15) is 0 Å². The van der Waals surface area contributed by atoms with Crippen LogP contribution in [-0.2, 0) is 16.6 Å². The summed E-state index contributed by atoms with van der Waals surface area (Å²) in [6.45, 7) is 5.60. The minimum absolute atomic E-state index is 0.0426. The number of rotatable bonds is 6. The Kier molecular flexibility index (Phi) is 4.64. The van der Waals surface area contributed by atoms with E-state index in [0.29, 0.717) is 17.3 Å². The zero-order chi connectivity index (χ0) is 15.5. The number of nitrogens with zero attached hydrogens (tertiary/aromatic N) is 1. The van der Waals surface area contributed by atoms with Gasteiger partial charge in [-0.1, -0.05) is 0 Å². The van der Waals surface area contributed by atoms with Gasteiger partial charge in [-0.25, -0.2) is 18.1 Å². The van der Waals surface area contributed by atoms with Crippen molar-refractivity contribution in [3.8, 4) is 5.75 Å². The molecule has 114 valence electrons. The lowest BCUT2D eigenvalue weighted by molar-refractivity contribution is 0.242. The van der Waals surface area contributed by atoms with Gasteiger partial charge in [0.2, 0.25) is 10.0 Å². The Morgan fingerprint density at radius 3 is 2.48 bits per heavy atom. The van der Waals surface area contributed by atoms with Crippen LogP contribution in [0.3, 0.4) is 0 Å². The number of hydrogen-bond donors (Lipinski definition) is 1. The van der Waals surface area contributed by atoms with Crippen LogP contribution in [-0.4, -0.2) is 19.5 Å². The average Bonchev–Trinajstić information content (AvgIpc) is 2.82. The molecule has 21 heavy (non-hydrogen) atoms. The van der Waals surface area contributed by atoms with Gasteiger partial charge in [-0.3, -0.25) is 0 Å². The summed E-state index contributed by atoms with van der Waals surface area (Å²) in [4.78, 5) is 4.22. The van der Waals surface area contributed by atoms with Crippen molar-refractivity contribution >= 4 is 10.0 Å². The minimum Gasteiger partial charge on any atom is -0.491 e. The molecule has 2 aromatic rings. The van der Waals surface area contributed by atoms with Gasteiger partial charge in [0.1, 0.15) is 12.0 Å². The molecule has 0 aliphatic carbocycles. The zero-order valence-electron chi connectivity index (χ0n) is 12.2. The largest absolute Gasteiger partial charge is 0.491 e. The van der Waals surface area contributed by atoms with Crippen LogP contribution >= 0.6 is 0 Å². The monoisotopic (exact) mass is 310 g/mol. The zero-order valence-corrected chi connectivity index (χ0v) is 13.0. The SMILES string of the molecule is Cc1nc(CNS(=O)(=O)c2ccc(OC(C)C)cc2)co1. The van der Waals surface area contributed by atoms with Gasteiger partial charge in [0, 0.05) is 6.92 Å². The van der Waals surface area contributed by atoms with Crippen LogP contribution < -0.4 is 9.46 Å². The fourth-order valence-electron chi connectivity index (χ4n) is 1.71. The van der Waals surface area contributed by atoms with Crippen molar-refractivity contribution in [2.75, 3.05) is 0 Å². The summed E-state index contributed by atoms with van der Waals surface area (Å²) in [6, 6.07) is 6.28. The van der Waals surface area contributed by atoms with Gasteiger partial charge in [0.25, 0.3) is 0 Å². The number of oxazole rings is 1. The van der Waals surface area contributed by atoms with Crippen molar-refractivity contribution in [2.45, 2.75) is 38.3 Å². The normalized spacial score (nSPS) is 11.8. The maximum atomic E-state index is 12.1. The highest BCUT2D eigenvalue weighted by molar-refractivity contribution is 7.89. The highest BCUT2D eigenvalue weighted by Crippen LogP contribution is 2.17. The van der Waals surface area contributed by atoms with Crippen LogP contribution in [0, 0.1) is 6.92 Å². The summed E-state index contributed by atoms with van der Waals surface area (Å²) in [5, 5.41) is 0. The third kappa shape index (κ3) is 4.30. The highest BCUT2D eigenvalue weighted by atomic mass is 32.2. The van der Waals surface area contributed by atoms with Gasteiger partial charge in [0.05, 0.1) is 23.2 Å². The van der Waals surface area contributed by atoms with Crippen LogP contribution in [0.25, 0.3) is 0 Å². The van der Waals surface area contributed by atoms with E-state index in [2.05, 4.69) is 9.71 Å². The molecule has 1 aromatic carbocycles. The molecule has 0 aliphatic rings. The van der Waals surface area contributed by atoms with Crippen molar-refractivity contribution in [3.63, 3.8) is 0 Å². The molecule has 1 heterocycles. The number of sulfonamides is 1. The standard InChI is InChI=1S/C14H18N2O4S/c1-10(2)20-13-4-6-14(7-5-13)21(17,18)15-8-12-9-19-11(3)16-12/h4-7,9-10,15H,8H2,1-3H3. The van der Waals surface area contributed by atoms with Gasteiger partial charge < -0.3 is 9.15 Å². The number of nitrogens with one attached hydrogen (secondary N) is 1. The van der Waals surface area contributed by atoms with Crippen LogP contribution in [0.15, 0.2) is 39.8 Å². The topological polar surface area (TPSA) is 81.4 Å². The molecule has 0 bridgehead atoms. The maximum Gasteiger partial charge on any atom is 0.240 e. The van der Waals surface area contributed by atoms with Gasteiger partial charge in [-0.05, 0) is 38.1 Å². The lowest BCUT2D eigenvalue weighted by atomic mass is 10.3. The van der Waals surface area contributed by atoms with Crippen LogP contribution in [0.4, 0.5) is 0 Å². The van der Waals surface area contributed by atoms with Crippen LogP contribution in [0.5, 0.6) is 5.75 Å². The second-order valence-corrected chi connectivity index (χ2v) is 6.59. The quantitative estimate of drug-likeness (QED) is 0.885. The van der Waals surface area contributed by atoms with E-state index in [4.69, 9.17) is 9.15 Å². The molecule has 6 nitrogen and oxygen atoms in total. The number of benzene rings is 1. The predicted octanol–water partition coefficient (Wildman–Crippen LogP) is 2.25. The summed E-state index contributed by atoms with van der Waals surface area (Å²) in [7, 11) is -3.58. The van der Waals surface area contributed by atoms with E-state index in [9.17, 15) is 8.42 Å². The Bertz CT molecular complexity index is 690. The number of hydrogen-bond acceptors (Lipinski definition) is 5. The fourth-order valence-corrected chi connectivity index (χ4v) is 2.71. The molecular weight excluding hydrogens is 292 g/mol. The van der Waals surface area contributed by atoms with E-state index >= 15 is 0 Å². The summed E-state index contributed by atoms with van der Waals surface area (Å²) in [5.41, 5.74) is 0.538. The Morgan fingerprint density at radius 2 is 1.95 bits per heavy atom. The third-order valence-corrected chi connectivity index (χ3v) is 4.03. The molecule has 0 amide bonds. The van der Waals surface area contributed by atoms with Crippen LogP contribution in [0.1, 0.15) is 25.4 Å². The Labute approximate surface area is 124 Å². The van der Waals surface area contributed by atoms with Crippen molar-refractivity contribution in [3.05, 3.63) is 42.1 Å². The van der Waals surface area contributed by atoms with Gasteiger partial charge >= 0.3 is 0 Å². The van der Waals surface area contributed by atoms with Gasteiger partial charge in [-0.15, -0.1) is 0 Å². The molecule has 0 radical (unpaired) electrons. The molecule has 1 N–H and O–H groups in total. The van der Waals surface area contributed by atoms with Gasteiger partial charge in [0.15, 0.2) is 5.89 Å². The van der Waals surface area contributed by atoms with Crippen molar-refractivity contribution in [1.29, 1.82) is 0 Å². The van der Waals surface area contributed by atoms with Crippen molar-refractivity contribution in [2.24, 2.45) is 0 Å². The number of aromatic nitrogens is 1. The van der Waals surface area contributed by atoms with E-state index < -0.39 is 10.0 Å². The smallest absolute Gasteiger partial charge is 0.240 e. The molecule has 0 unspecified atom stereocenters. The van der Waals surface area contributed by atoms with Crippen molar-refractivity contribution in [1.82, 2.24) is 9.71 Å². The molecule has 0 atom stereocenters. The summed E-state index contributed by atoms with van der Waals surface area (Å²) < 4.78 is 37.2. The molecule has 0 spiro atoms. The fraction of sp³-hybridized carbons (Fsp3) is 0.357. The van der Waals surface area contributed by atoms with E-state index in [1.54, 1.807) is 19.1 Å². The number of aryl methyl sites for hydroxylation is 1. The second kappa shape index (κ2) is 6.28. The highest BCUT2D eigenvalue weighted by Gasteiger charge is 2.14. The second-order valence-electron chi connectivity index (χ2n) is 4.82. The maximum absolute atomic E-state index is 12.1. The Hall–Kier alpha value is -1.86. The van der Waals surface area contributed by atoms with E-state index in [1.165, 1.54) is 18.4 Å². The van der Waals surface area contributed by atoms with Crippen molar-refractivity contribution < 1.29 is 17.6 Å². The first-order valence-electron chi connectivity index (χ1n) is 6.54. The molecule has 0 aliphatic heterocycles. The summed E-state index contributed by atoms with van der Waals surface area (Å²) >= 11 is 0. The first kappa shape index (κ1) is 15.5. The minimum atomic E-state index is -3.58. The van der Waals surface area contributed by atoms with E-state index in [0.717, 1.165) is 0 Å². The molecular formula is C14H18N2O4S. The molecule has 0 fully saturated rings. The third-order valence-electron chi connectivity index (χ3n) is 2.62. The molecule has 0 saturated carbocycles. The average molecular weight is 310 g/mol. The van der Waals surface area contributed by atoms with E-state index in [-0.39, 0.29) is 17.5 Å². The molecule has 0 saturated heterocycles. The molecule has 1 aromatic heterocycles. The summed E-state index contributed by atoms with van der Waals surface area (Å²) in [6.07, 6.45) is 1.47. The van der Waals surface area contributed by atoms with E-state index in [1.807, 2.05) is 13.8 Å². The lowest BCUT2D eigenvalue weighted by Crippen LogP contribution is -2.23. The first-order chi connectivity index (χ1) is 9.87. The predicted molar refractivity (Wildman–Crippen MR) is 77.5 cm³/mol. The first-order valence-corrected chi connectivity index (χ1v) is 8.02. The molecule has 2 rings (SSSR count). The summed E-state index contributed by atoms with van der Waals surface area (Å²) in [5.74, 6) is 1.13. The Morgan fingerprint density at radius 1 is 1.29 bits per heavy atom. The Balaban J connectivity index is 2.05. The molecule has 7 heteroatoms.